The average Bonchev–Trinajstić information content (AvgIpc) is 2.19. The van der Waals surface area contributed by atoms with Crippen LogP contribution in [0.1, 0.15) is 5.56 Å². The smallest absolute Gasteiger partial charge is 0.0662 e. The molecule has 1 aromatic rings. The van der Waals surface area contributed by atoms with Crippen molar-refractivity contribution in [3.05, 3.63) is 54.6 Å². The van der Waals surface area contributed by atoms with Crippen LogP contribution < -0.4 is 0 Å². The fraction of sp³-hybridized carbons (Fsp3) is 0.167. The molecule has 66 valence electrons. The lowest BCUT2D eigenvalue weighted by molar-refractivity contribution is 1.25. The number of hydrogen-bond donors (Lipinski definition) is 0. The molecule has 0 N–H and O–H groups in total. The van der Waals surface area contributed by atoms with Gasteiger partial charge in [0.2, 0.25) is 0 Å². The zero-order valence-electron chi connectivity index (χ0n) is 7.61. The summed E-state index contributed by atoms with van der Waals surface area (Å²) in [7, 11) is 0. The van der Waals surface area contributed by atoms with Gasteiger partial charge in [-0.05, 0) is 23.9 Å². The van der Waals surface area contributed by atoms with E-state index in [0.29, 0.717) is 6.54 Å². The van der Waals surface area contributed by atoms with Gasteiger partial charge in [-0.2, -0.15) is 0 Å². The van der Waals surface area contributed by atoms with E-state index in [1.807, 2.05) is 24.3 Å². The predicted molar refractivity (Wildman–Crippen MR) is 57.2 cm³/mol. The molecule has 1 rings (SSSR count). The molecule has 0 radical (unpaired) electrons. The number of rotatable bonds is 4. The van der Waals surface area contributed by atoms with Crippen molar-refractivity contribution in [3.8, 4) is 0 Å². The minimum absolute atomic E-state index is 0.644. The van der Waals surface area contributed by atoms with Crippen LogP contribution in [0, 0.1) is 0 Å². The number of benzene rings is 1. The summed E-state index contributed by atoms with van der Waals surface area (Å²) in [4.78, 5) is 3.98. The monoisotopic (exact) mass is 171 g/mol. The highest BCUT2D eigenvalue weighted by atomic mass is 14.7. The van der Waals surface area contributed by atoms with Gasteiger partial charge in [-0.15, -0.1) is 6.58 Å². The van der Waals surface area contributed by atoms with E-state index in [4.69, 9.17) is 0 Å². The Balaban J connectivity index is 2.43. The third-order valence-electron chi connectivity index (χ3n) is 1.58. The van der Waals surface area contributed by atoms with Crippen LogP contribution in [-0.4, -0.2) is 12.4 Å². The van der Waals surface area contributed by atoms with Gasteiger partial charge in [0.1, 0.15) is 0 Å². The summed E-state index contributed by atoms with van der Waals surface area (Å²) >= 11 is 0. The maximum atomic E-state index is 3.98. The van der Waals surface area contributed by atoms with Gasteiger partial charge in [0.15, 0.2) is 0 Å². The van der Waals surface area contributed by atoms with Crippen LogP contribution in [-0.2, 0) is 6.42 Å². The lowest BCUT2D eigenvalue weighted by atomic mass is 10.2. The maximum Gasteiger partial charge on any atom is 0.0662 e. The summed E-state index contributed by atoms with van der Waals surface area (Å²) in [5.41, 5.74) is 1.28. The van der Waals surface area contributed by atoms with Gasteiger partial charge in [-0.1, -0.05) is 36.4 Å². The number of nitrogens with zero attached hydrogens (tertiary/aromatic N) is 1. The van der Waals surface area contributed by atoms with E-state index < -0.39 is 0 Å². The van der Waals surface area contributed by atoms with Crippen molar-refractivity contribution in [1.82, 2.24) is 0 Å². The van der Waals surface area contributed by atoms with Gasteiger partial charge in [0, 0.05) is 0 Å². The Morgan fingerprint density at radius 3 is 2.77 bits per heavy atom. The summed E-state index contributed by atoms with van der Waals surface area (Å²) in [6.45, 7) is 4.21. The second-order valence-electron chi connectivity index (χ2n) is 2.65. The first-order valence-electron chi connectivity index (χ1n) is 4.32. The van der Waals surface area contributed by atoms with Crippen molar-refractivity contribution in [3.63, 3.8) is 0 Å². The van der Waals surface area contributed by atoms with E-state index in [1.54, 1.807) is 6.08 Å². The van der Waals surface area contributed by atoms with Gasteiger partial charge >= 0.3 is 0 Å². The van der Waals surface area contributed by atoms with Crippen LogP contribution in [0.5, 0.6) is 0 Å². The Bertz CT molecular complexity index is 305. The van der Waals surface area contributed by atoms with Gasteiger partial charge in [0.25, 0.3) is 0 Å². The molecule has 0 saturated heterocycles. The standard InChI is InChI=1S/C12H13N/c1-2-10-13-11-6-9-12-7-4-3-5-8-12/h2-8H,1,9-10H2. The normalized spacial score (nSPS) is 8.62. The SMILES string of the molecule is C=CCN=C=CCc1ccccc1. The van der Waals surface area contributed by atoms with Crippen LogP contribution in [0.15, 0.2) is 54.1 Å². The van der Waals surface area contributed by atoms with Crippen molar-refractivity contribution in [1.29, 1.82) is 0 Å². The summed E-state index contributed by atoms with van der Waals surface area (Å²) in [6.07, 6.45) is 4.57. The molecular weight excluding hydrogens is 158 g/mol. The summed E-state index contributed by atoms with van der Waals surface area (Å²) in [5, 5.41) is 0. The molecule has 1 aromatic carbocycles. The Labute approximate surface area is 79.1 Å². The van der Waals surface area contributed by atoms with Crippen molar-refractivity contribution < 1.29 is 0 Å². The van der Waals surface area contributed by atoms with Gasteiger partial charge < -0.3 is 0 Å². The Hall–Kier alpha value is -1.59. The Morgan fingerprint density at radius 1 is 1.31 bits per heavy atom. The van der Waals surface area contributed by atoms with E-state index in [-0.39, 0.29) is 0 Å². The Kier molecular flexibility index (Phi) is 4.37. The first kappa shape index (κ1) is 9.50. The molecule has 0 spiro atoms. The molecule has 0 bridgehead atoms. The minimum Gasteiger partial charge on any atom is -0.239 e. The number of aliphatic imine (C=N–C) groups is 1. The average molecular weight is 171 g/mol. The van der Waals surface area contributed by atoms with E-state index in [2.05, 4.69) is 29.6 Å². The topological polar surface area (TPSA) is 12.4 Å². The third-order valence-corrected chi connectivity index (χ3v) is 1.58. The second-order valence-corrected chi connectivity index (χ2v) is 2.65. The van der Waals surface area contributed by atoms with E-state index >= 15 is 0 Å². The van der Waals surface area contributed by atoms with E-state index in [9.17, 15) is 0 Å². The first-order chi connectivity index (χ1) is 6.43. The molecule has 0 aliphatic carbocycles. The second kappa shape index (κ2) is 5.99. The lowest BCUT2D eigenvalue weighted by Gasteiger charge is -1.91. The zero-order valence-corrected chi connectivity index (χ0v) is 7.61. The van der Waals surface area contributed by atoms with E-state index in [0.717, 1.165) is 6.42 Å². The quantitative estimate of drug-likeness (QED) is 0.488. The molecule has 0 aromatic heterocycles. The zero-order chi connectivity index (χ0) is 9.36. The van der Waals surface area contributed by atoms with E-state index in [1.165, 1.54) is 5.56 Å². The molecule has 1 heteroatoms. The van der Waals surface area contributed by atoms with Crippen LogP contribution in [0.2, 0.25) is 0 Å². The third kappa shape index (κ3) is 4.09. The summed E-state index contributed by atoms with van der Waals surface area (Å²) in [5.74, 6) is 2.86. The lowest BCUT2D eigenvalue weighted by Crippen LogP contribution is -1.78. The summed E-state index contributed by atoms with van der Waals surface area (Å²) < 4.78 is 0. The van der Waals surface area contributed by atoms with Crippen molar-refractivity contribution >= 4 is 5.87 Å². The highest BCUT2D eigenvalue weighted by molar-refractivity contribution is 5.52. The van der Waals surface area contributed by atoms with Crippen LogP contribution in [0.4, 0.5) is 0 Å². The maximum absolute atomic E-state index is 3.98. The Morgan fingerprint density at radius 2 is 2.08 bits per heavy atom. The largest absolute Gasteiger partial charge is 0.239 e. The molecule has 0 amide bonds. The van der Waals surface area contributed by atoms with Gasteiger partial charge in [-0.25, -0.2) is 4.99 Å². The number of allylic oxidation sites excluding steroid dienone is 1. The predicted octanol–water partition coefficient (Wildman–Crippen LogP) is 2.64. The molecule has 0 aliphatic rings. The molecule has 13 heavy (non-hydrogen) atoms. The molecule has 0 aliphatic heterocycles. The summed E-state index contributed by atoms with van der Waals surface area (Å²) in [6, 6.07) is 10.3. The highest BCUT2D eigenvalue weighted by Gasteiger charge is 1.83. The molecule has 0 atom stereocenters. The van der Waals surface area contributed by atoms with Crippen LogP contribution in [0.25, 0.3) is 0 Å². The molecule has 0 saturated carbocycles. The fourth-order valence-electron chi connectivity index (χ4n) is 0.959. The fourth-order valence-corrected chi connectivity index (χ4v) is 0.959. The van der Waals surface area contributed by atoms with Crippen LogP contribution in [0.3, 0.4) is 0 Å². The van der Waals surface area contributed by atoms with Crippen molar-refractivity contribution in [2.75, 3.05) is 6.54 Å². The molecule has 0 fully saturated rings. The van der Waals surface area contributed by atoms with Gasteiger partial charge in [0.05, 0.1) is 6.54 Å². The van der Waals surface area contributed by atoms with Crippen molar-refractivity contribution in [2.24, 2.45) is 4.99 Å². The molecule has 0 unspecified atom stereocenters. The molecule has 0 heterocycles. The molecule has 1 nitrogen and oxygen atoms in total. The first-order valence-corrected chi connectivity index (χ1v) is 4.32. The van der Waals surface area contributed by atoms with Crippen molar-refractivity contribution in [2.45, 2.75) is 6.42 Å². The minimum atomic E-state index is 0.644. The highest BCUT2D eigenvalue weighted by Crippen LogP contribution is 1.98. The van der Waals surface area contributed by atoms with Crippen LogP contribution >= 0.6 is 0 Å². The number of hydrogen-bond acceptors (Lipinski definition) is 1. The van der Waals surface area contributed by atoms with Gasteiger partial charge in [-0.3, -0.25) is 0 Å². The molecular formula is C12H13N.